The maximum Gasteiger partial charge on any atom is 0.326 e. The maximum absolute atomic E-state index is 12.2. The van der Waals surface area contributed by atoms with Crippen LogP contribution in [-0.2, 0) is 4.79 Å². The Morgan fingerprint density at radius 1 is 1.14 bits per heavy atom. The van der Waals surface area contributed by atoms with Crippen LogP contribution in [0.25, 0.3) is 0 Å². The van der Waals surface area contributed by atoms with Crippen molar-refractivity contribution in [2.45, 2.75) is 50.5 Å². The predicted octanol–water partition coefficient (Wildman–Crippen LogP) is 2.94. The van der Waals surface area contributed by atoms with E-state index in [1.165, 1.54) is 24.8 Å². The van der Waals surface area contributed by atoms with Gasteiger partial charge >= 0.3 is 5.97 Å². The Morgan fingerprint density at radius 3 is 2.29 bits per heavy atom. The average Bonchev–Trinajstić information content (AvgIpc) is 3.20. The highest BCUT2D eigenvalue weighted by Crippen LogP contribution is 2.36. The van der Waals surface area contributed by atoms with Gasteiger partial charge in [0.2, 0.25) is 0 Å². The lowest BCUT2D eigenvalue weighted by Crippen LogP contribution is -2.41. The Balaban J connectivity index is 1.61. The SMILES string of the molecule is O=C(NC(CC1CC1)C(=O)O)c1ccc(C2CCC2)cc1. The molecule has 0 spiro atoms. The van der Waals surface area contributed by atoms with Crippen molar-refractivity contribution in [1.82, 2.24) is 5.32 Å². The number of carboxylic acids is 1. The molecule has 0 aromatic heterocycles. The fourth-order valence-corrected chi connectivity index (χ4v) is 2.80. The van der Waals surface area contributed by atoms with E-state index >= 15 is 0 Å². The van der Waals surface area contributed by atoms with Crippen molar-refractivity contribution in [3.8, 4) is 0 Å². The number of carbonyl (C=O) groups excluding carboxylic acids is 1. The van der Waals surface area contributed by atoms with Crippen molar-refractivity contribution in [2.24, 2.45) is 5.92 Å². The normalized spacial score (nSPS) is 19.6. The third kappa shape index (κ3) is 3.43. The molecule has 4 heteroatoms. The van der Waals surface area contributed by atoms with Crippen molar-refractivity contribution < 1.29 is 14.7 Å². The maximum atomic E-state index is 12.2. The molecule has 2 aliphatic carbocycles. The standard InChI is InChI=1S/C17H21NO3/c19-16(18-15(17(20)21)10-11-4-5-11)14-8-6-13(7-9-14)12-2-1-3-12/h6-9,11-12,15H,1-5,10H2,(H,18,19)(H,20,21). The van der Waals surface area contributed by atoms with Gasteiger partial charge in [-0.25, -0.2) is 4.79 Å². The van der Waals surface area contributed by atoms with E-state index in [9.17, 15) is 14.7 Å². The molecule has 1 aromatic rings. The fraction of sp³-hybridized carbons (Fsp3) is 0.529. The van der Waals surface area contributed by atoms with Crippen LogP contribution in [0, 0.1) is 5.92 Å². The topological polar surface area (TPSA) is 66.4 Å². The molecule has 21 heavy (non-hydrogen) atoms. The minimum atomic E-state index is -0.943. The van der Waals surface area contributed by atoms with Gasteiger partial charge in [0.05, 0.1) is 0 Å². The molecule has 2 aliphatic rings. The number of amides is 1. The summed E-state index contributed by atoms with van der Waals surface area (Å²) < 4.78 is 0. The summed E-state index contributed by atoms with van der Waals surface area (Å²) in [5.41, 5.74) is 1.82. The van der Waals surface area contributed by atoms with E-state index in [4.69, 9.17) is 0 Å². The van der Waals surface area contributed by atoms with Gasteiger partial charge < -0.3 is 10.4 Å². The van der Waals surface area contributed by atoms with E-state index in [2.05, 4.69) is 5.32 Å². The lowest BCUT2D eigenvalue weighted by molar-refractivity contribution is -0.139. The molecular weight excluding hydrogens is 266 g/mol. The summed E-state index contributed by atoms with van der Waals surface area (Å²) in [6.07, 6.45) is 6.45. The minimum absolute atomic E-state index is 0.289. The molecule has 1 unspecified atom stereocenters. The van der Waals surface area contributed by atoms with E-state index in [0.717, 1.165) is 12.8 Å². The number of hydrogen-bond donors (Lipinski definition) is 2. The molecule has 0 bridgehead atoms. The lowest BCUT2D eigenvalue weighted by Gasteiger charge is -2.25. The highest BCUT2D eigenvalue weighted by molar-refractivity contribution is 5.96. The molecule has 3 rings (SSSR count). The molecule has 0 radical (unpaired) electrons. The molecule has 2 saturated carbocycles. The highest BCUT2D eigenvalue weighted by atomic mass is 16.4. The van der Waals surface area contributed by atoms with Crippen molar-refractivity contribution in [1.29, 1.82) is 0 Å². The molecule has 0 aliphatic heterocycles. The van der Waals surface area contributed by atoms with Gasteiger partial charge in [-0.15, -0.1) is 0 Å². The monoisotopic (exact) mass is 287 g/mol. The van der Waals surface area contributed by atoms with Crippen molar-refractivity contribution in [2.75, 3.05) is 0 Å². The first-order chi connectivity index (χ1) is 10.1. The van der Waals surface area contributed by atoms with Gasteiger partial charge in [0, 0.05) is 5.56 Å². The summed E-state index contributed by atoms with van der Waals surface area (Å²) in [5, 5.41) is 11.8. The van der Waals surface area contributed by atoms with Crippen molar-refractivity contribution in [3.63, 3.8) is 0 Å². The Hall–Kier alpha value is -1.84. The number of benzene rings is 1. The minimum Gasteiger partial charge on any atom is -0.480 e. The number of hydrogen-bond acceptors (Lipinski definition) is 2. The van der Waals surface area contributed by atoms with Crippen LogP contribution >= 0.6 is 0 Å². The quantitative estimate of drug-likeness (QED) is 0.845. The van der Waals surface area contributed by atoms with Crippen molar-refractivity contribution >= 4 is 11.9 Å². The summed E-state index contributed by atoms with van der Waals surface area (Å²) in [6.45, 7) is 0. The first kappa shape index (κ1) is 14.1. The number of rotatable bonds is 6. The summed E-state index contributed by atoms with van der Waals surface area (Å²) in [7, 11) is 0. The summed E-state index contributed by atoms with van der Waals surface area (Å²) >= 11 is 0. The zero-order chi connectivity index (χ0) is 14.8. The van der Waals surface area contributed by atoms with Crippen LogP contribution in [0.15, 0.2) is 24.3 Å². The van der Waals surface area contributed by atoms with Crippen LogP contribution in [0.5, 0.6) is 0 Å². The highest BCUT2D eigenvalue weighted by Gasteiger charge is 2.30. The van der Waals surface area contributed by atoms with E-state index in [1.807, 2.05) is 12.1 Å². The molecule has 2 N–H and O–H groups in total. The Kier molecular flexibility index (Phi) is 3.95. The van der Waals surface area contributed by atoms with Gasteiger partial charge in [0.25, 0.3) is 5.91 Å². The Morgan fingerprint density at radius 2 is 1.81 bits per heavy atom. The van der Waals surface area contributed by atoms with Gasteiger partial charge in [0.15, 0.2) is 0 Å². The van der Waals surface area contributed by atoms with Crippen molar-refractivity contribution in [3.05, 3.63) is 35.4 Å². The second-order valence-electron chi connectivity index (χ2n) is 6.29. The lowest BCUT2D eigenvalue weighted by atomic mass is 9.80. The number of carboxylic acid groups (broad SMARTS) is 1. The predicted molar refractivity (Wildman–Crippen MR) is 79.3 cm³/mol. The van der Waals surface area contributed by atoms with Gasteiger partial charge in [-0.1, -0.05) is 31.4 Å². The van der Waals surface area contributed by atoms with Crippen LogP contribution in [0.1, 0.15) is 60.4 Å². The zero-order valence-corrected chi connectivity index (χ0v) is 12.0. The second kappa shape index (κ2) is 5.88. The molecule has 1 amide bonds. The van der Waals surface area contributed by atoms with E-state index in [-0.39, 0.29) is 5.91 Å². The van der Waals surface area contributed by atoms with Crippen LogP contribution in [0.4, 0.5) is 0 Å². The van der Waals surface area contributed by atoms with Crippen LogP contribution in [0.3, 0.4) is 0 Å². The largest absolute Gasteiger partial charge is 0.480 e. The molecule has 0 saturated heterocycles. The Labute approximate surface area is 124 Å². The number of nitrogens with one attached hydrogen (secondary N) is 1. The Bertz CT molecular complexity index is 529. The third-order valence-corrected chi connectivity index (χ3v) is 4.62. The van der Waals surface area contributed by atoms with Gasteiger partial charge in [0.1, 0.15) is 6.04 Å². The summed E-state index contributed by atoms with van der Waals surface area (Å²) in [6, 6.07) is 6.83. The first-order valence-corrected chi connectivity index (χ1v) is 7.77. The molecular formula is C17H21NO3. The molecule has 1 atom stereocenters. The van der Waals surface area contributed by atoms with Crippen LogP contribution in [-0.4, -0.2) is 23.0 Å². The zero-order valence-electron chi connectivity index (χ0n) is 12.0. The van der Waals surface area contributed by atoms with E-state index in [0.29, 0.717) is 23.8 Å². The first-order valence-electron chi connectivity index (χ1n) is 7.77. The van der Waals surface area contributed by atoms with Gasteiger partial charge in [-0.3, -0.25) is 4.79 Å². The molecule has 2 fully saturated rings. The summed E-state index contributed by atoms with van der Waals surface area (Å²) in [5.74, 6) is -0.124. The smallest absolute Gasteiger partial charge is 0.326 e. The molecule has 0 heterocycles. The molecule has 1 aromatic carbocycles. The second-order valence-corrected chi connectivity index (χ2v) is 6.29. The van der Waals surface area contributed by atoms with Crippen LogP contribution < -0.4 is 5.32 Å². The molecule has 4 nitrogen and oxygen atoms in total. The number of carbonyl (C=O) groups is 2. The molecule has 112 valence electrons. The number of aliphatic carboxylic acids is 1. The van der Waals surface area contributed by atoms with E-state index in [1.54, 1.807) is 12.1 Å². The van der Waals surface area contributed by atoms with Gasteiger partial charge in [-0.05, 0) is 48.8 Å². The van der Waals surface area contributed by atoms with E-state index < -0.39 is 12.0 Å². The fourth-order valence-electron chi connectivity index (χ4n) is 2.80. The van der Waals surface area contributed by atoms with Crippen LogP contribution in [0.2, 0.25) is 0 Å². The van der Waals surface area contributed by atoms with Gasteiger partial charge in [-0.2, -0.15) is 0 Å². The summed E-state index contributed by atoms with van der Waals surface area (Å²) in [4.78, 5) is 23.4. The average molecular weight is 287 g/mol. The third-order valence-electron chi connectivity index (χ3n) is 4.62.